The topological polar surface area (TPSA) is 69.6 Å². The highest BCUT2D eigenvalue weighted by molar-refractivity contribution is 6.33. The lowest BCUT2D eigenvalue weighted by atomic mass is 10.2. The largest absolute Gasteiger partial charge is 0.399 e. The Labute approximate surface area is 129 Å². The Morgan fingerprint density at radius 1 is 1.05 bits per heavy atom. The molecule has 3 aromatic rings. The molecule has 21 heavy (non-hydrogen) atoms. The van der Waals surface area contributed by atoms with Crippen LogP contribution in [0.4, 0.5) is 10.1 Å². The number of halogens is 3. The SMILES string of the molecule is Nc1ccc(Cl)c(-c2nnnn2-c2ccc(F)c(Cl)c2)c1. The summed E-state index contributed by atoms with van der Waals surface area (Å²) in [7, 11) is 0. The number of hydrogen-bond donors (Lipinski definition) is 1. The average molecular weight is 324 g/mol. The molecule has 2 aromatic carbocycles. The number of nitrogen functional groups attached to an aromatic ring is 1. The van der Waals surface area contributed by atoms with E-state index in [4.69, 9.17) is 28.9 Å². The van der Waals surface area contributed by atoms with Crippen molar-refractivity contribution in [2.45, 2.75) is 0 Å². The standard InChI is InChI=1S/C13H8Cl2FN5/c14-10-3-1-7(17)5-9(10)13-18-19-20-21(13)8-2-4-12(16)11(15)6-8/h1-6H,17H2. The van der Waals surface area contributed by atoms with Crippen molar-refractivity contribution >= 4 is 28.9 Å². The van der Waals surface area contributed by atoms with Crippen LogP contribution in [0.1, 0.15) is 0 Å². The van der Waals surface area contributed by atoms with Crippen LogP contribution in [0, 0.1) is 5.82 Å². The van der Waals surface area contributed by atoms with Gasteiger partial charge in [-0.25, -0.2) is 4.39 Å². The van der Waals surface area contributed by atoms with E-state index in [0.29, 0.717) is 27.8 Å². The second-order valence-corrected chi connectivity index (χ2v) is 5.07. The van der Waals surface area contributed by atoms with E-state index < -0.39 is 5.82 Å². The monoisotopic (exact) mass is 323 g/mol. The quantitative estimate of drug-likeness (QED) is 0.734. The fourth-order valence-corrected chi connectivity index (χ4v) is 2.24. The van der Waals surface area contributed by atoms with Gasteiger partial charge in [0.15, 0.2) is 5.82 Å². The number of aromatic nitrogens is 4. The van der Waals surface area contributed by atoms with Gasteiger partial charge in [0.05, 0.1) is 15.7 Å². The minimum absolute atomic E-state index is 0.0207. The molecule has 0 spiro atoms. The Balaban J connectivity index is 2.17. The highest BCUT2D eigenvalue weighted by atomic mass is 35.5. The molecular formula is C13H8Cl2FN5. The van der Waals surface area contributed by atoms with Gasteiger partial charge in [-0.15, -0.1) is 5.10 Å². The molecule has 0 aliphatic carbocycles. The molecule has 0 bridgehead atoms. The number of nitrogens with zero attached hydrogens (tertiary/aromatic N) is 4. The van der Waals surface area contributed by atoms with Crippen molar-refractivity contribution in [3.8, 4) is 17.1 Å². The van der Waals surface area contributed by atoms with Gasteiger partial charge in [0.1, 0.15) is 5.82 Å². The van der Waals surface area contributed by atoms with Gasteiger partial charge in [-0.1, -0.05) is 23.2 Å². The van der Waals surface area contributed by atoms with Gasteiger partial charge < -0.3 is 5.73 Å². The average Bonchev–Trinajstić information content (AvgIpc) is 2.93. The molecule has 8 heteroatoms. The van der Waals surface area contributed by atoms with Gasteiger partial charge in [0, 0.05) is 11.3 Å². The van der Waals surface area contributed by atoms with Crippen LogP contribution in [0.25, 0.3) is 17.1 Å². The van der Waals surface area contributed by atoms with E-state index >= 15 is 0 Å². The van der Waals surface area contributed by atoms with Crippen LogP contribution in [-0.2, 0) is 0 Å². The molecule has 0 radical (unpaired) electrons. The zero-order chi connectivity index (χ0) is 15.0. The summed E-state index contributed by atoms with van der Waals surface area (Å²) in [5.74, 6) is -0.132. The Bertz CT molecular complexity index is 818. The first kappa shape index (κ1) is 13.8. The van der Waals surface area contributed by atoms with Gasteiger partial charge in [-0.05, 0) is 46.8 Å². The lowest BCUT2D eigenvalue weighted by molar-refractivity contribution is 0.627. The molecule has 0 aliphatic heterocycles. The molecule has 0 saturated heterocycles. The first-order chi connectivity index (χ1) is 10.1. The van der Waals surface area contributed by atoms with Gasteiger partial charge in [0.2, 0.25) is 0 Å². The van der Waals surface area contributed by atoms with Crippen molar-refractivity contribution in [3.63, 3.8) is 0 Å². The van der Waals surface area contributed by atoms with E-state index in [1.807, 2.05) is 0 Å². The van der Waals surface area contributed by atoms with E-state index in [9.17, 15) is 4.39 Å². The van der Waals surface area contributed by atoms with Crippen LogP contribution in [0.5, 0.6) is 0 Å². The molecule has 0 fully saturated rings. The third-order valence-electron chi connectivity index (χ3n) is 2.85. The molecule has 0 unspecified atom stereocenters. The fraction of sp³-hybridized carbons (Fsp3) is 0. The Morgan fingerprint density at radius 2 is 1.86 bits per heavy atom. The number of tetrazole rings is 1. The number of benzene rings is 2. The molecule has 0 saturated carbocycles. The van der Waals surface area contributed by atoms with Gasteiger partial charge in [-0.3, -0.25) is 0 Å². The van der Waals surface area contributed by atoms with Crippen LogP contribution in [0.2, 0.25) is 10.0 Å². The van der Waals surface area contributed by atoms with Crippen LogP contribution in [0.15, 0.2) is 36.4 Å². The van der Waals surface area contributed by atoms with Crippen LogP contribution in [-0.4, -0.2) is 20.2 Å². The van der Waals surface area contributed by atoms with E-state index in [1.165, 1.54) is 22.9 Å². The third kappa shape index (κ3) is 2.55. The molecule has 0 atom stereocenters. The summed E-state index contributed by atoms with van der Waals surface area (Å²) in [4.78, 5) is 0. The van der Waals surface area contributed by atoms with Crippen LogP contribution in [0.3, 0.4) is 0 Å². The molecule has 1 heterocycles. The zero-order valence-electron chi connectivity index (χ0n) is 10.5. The summed E-state index contributed by atoms with van der Waals surface area (Å²) in [5, 5.41) is 11.9. The zero-order valence-corrected chi connectivity index (χ0v) is 12.0. The Morgan fingerprint density at radius 3 is 2.62 bits per heavy atom. The summed E-state index contributed by atoms with van der Waals surface area (Å²) in [5.41, 5.74) is 7.37. The van der Waals surface area contributed by atoms with Crippen LogP contribution < -0.4 is 5.73 Å². The molecule has 3 rings (SSSR count). The van der Waals surface area contributed by atoms with Crippen molar-refractivity contribution in [1.82, 2.24) is 20.2 Å². The summed E-state index contributed by atoms with van der Waals surface area (Å²) in [6, 6.07) is 9.18. The Hall–Kier alpha value is -2.18. The maximum absolute atomic E-state index is 13.3. The van der Waals surface area contributed by atoms with Crippen molar-refractivity contribution in [3.05, 3.63) is 52.3 Å². The summed E-state index contributed by atoms with van der Waals surface area (Å²) >= 11 is 11.9. The molecule has 1 aromatic heterocycles. The number of hydrogen-bond acceptors (Lipinski definition) is 4. The fourth-order valence-electron chi connectivity index (χ4n) is 1.86. The Kier molecular flexibility index (Phi) is 3.48. The van der Waals surface area contributed by atoms with Gasteiger partial charge in [0.25, 0.3) is 0 Å². The van der Waals surface area contributed by atoms with Gasteiger partial charge in [-0.2, -0.15) is 4.68 Å². The summed E-state index contributed by atoms with van der Waals surface area (Å²) < 4.78 is 14.7. The maximum atomic E-state index is 13.3. The van der Waals surface area contributed by atoms with Crippen molar-refractivity contribution in [2.75, 3.05) is 5.73 Å². The molecule has 5 nitrogen and oxygen atoms in total. The normalized spacial score (nSPS) is 10.8. The minimum Gasteiger partial charge on any atom is -0.399 e. The third-order valence-corrected chi connectivity index (χ3v) is 3.47. The highest BCUT2D eigenvalue weighted by Crippen LogP contribution is 2.29. The minimum atomic E-state index is -0.517. The van der Waals surface area contributed by atoms with Gasteiger partial charge >= 0.3 is 0 Å². The number of nitrogens with two attached hydrogens (primary N) is 1. The molecule has 106 valence electrons. The first-order valence-electron chi connectivity index (χ1n) is 5.85. The number of anilines is 1. The molecule has 0 amide bonds. The van der Waals surface area contributed by atoms with Crippen molar-refractivity contribution < 1.29 is 4.39 Å². The van der Waals surface area contributed by atoms with E-state index in [-0.39, 0.29) is 5.02 Å². The lowest BCUT2D eigenvalue weighted by Gasteiger charge is -2.07. The van der Waals surface area contributed by atoms with Crippen molar-refractivity contribution in [2.24, 2.45) is 0 Å². The molecule has 0 aliphatic rings. The summed E-state index contributed by atoms with van der Waals surface area (Å²) in [6.45, 7) is 0. The second-order valence-electron chi connectivity index (χ2n) is 4.25. The predicted octanol–water partition coefficient (Wildman–Crippen LogP) is 3.36. The lowest BCUT2D eigenvalue weighted by Crippen LogP contribution is -2.01. The van der Waals surface area contributed by atoms with Crippen LogP contribution >= 0.6 is 23.2 Å². The van der Waals surface area contributed by atoms with E-state index in [1.54, 1.807) is 18.2 Å². The van der Waals surface area contributed by atoms with Crippen molar-refractivity contribution in [1.29, 1.82) is 0 Å². The molecule has 2 N–H and O–H groups in total. The van der Waals surface area contributed by atoms with E-state index in [0.717, 1.165) is 0 Å². The summed E-state index contributed by atoms with van der Waals surface area (Å²) in [6.07, 6.45) is 0. The predicted molar refractivity (Wildman–Crippen MR) is 79.0 cm³/mol. The first-order valence-corrected chi connectivity index (χ1v) is 6.61. The van der Waals surface area contributed by atoms with E-state index in [2.05, 4.69) is 15.5 Å². The second kappa shape index (κ2) is 5.31. The molecular weight excluding hydrogens is 316 g/mol. The maximum Gasteiger partial charge on any atom is 0.188 e. The highest BCUT2D eigenvalue weighted by Gasteiger charge is 2.15. The smallest absolute Gasteiger partial charge is 0.188 e. The number of rotatable bonds is 2.